The number of nitro benzene ring substituents is 1. The van der Waals surface area contributed by atoms with E-state index in [4.69, 9.17) is 5.26 Å². The highest BCUT2D eigenvalue weighted by Gasteiger charge is 2.39. The summed E-state index contributed by atoms with van der Waals surface area (Å²) in [5.41, 5.74) is -0.568. The van der Waals surface area contributed by atoms with E-state index in [1.807, 2.05) is 6.07 Å². The standard InChI is InChI=1S/C11H11N3O3/c1-11(15)6-13(7-11)9-4-2-3-8(5-12)10(9)14(16)17/h2-4,15H,6-7H2,1H3. The smallest absolute Gasteiger partial charge is 0.310 e. The van der Waals surface area contributed by atoms with Gasteiger partial charge in [-0.05, 0) is 19.1 Å². The van der Waals surface area contributed by atoms with Gasteiger partial charge in [0.1, 0.15) is 17.3 Å². The summed E-state index contributed by atoms with van der Waals surface area (Å²) in [6, 6.07) is 6.42. The van der Waals surface area contributed by atoms with Gasteiger partial charge < -0.3 is 10.0 Å². The van der Waals surface area contributed by atoms with Crippen LogP contribution in [0, 0.1) is 21.4 Å². The zero-order valence-electron chi connectivity index (χ0n) is 9.25. The SMILES string of the molecule is CC1(O)CN(c2cccc(C#N)c2[N+](=O)[O-])C1. The lowest BCUT2D eigenvalue weighted by Gasteiger charge is -2.45. The van der Waals surface area contributed by atoms with Crippen LogP contribution in [0.5, 0.6) is 0 Å². The molecule has 0 saturated carbocycles. The molecule has 1 aromatic rings. The second-order valence-electron chi connectivity index (χ2n) is 4.40. The molecule has 17 heavy (non-hydrogen) atoms. The van der Waals surface area contributed by atoms with Crippen LogP contribution < -0.4 is 4.90 Å². The molecule has 0 spiro atoms. The molecule has 1 fully saturated rings. The molecule has 1 saturated heterocycles. The molecule has 1 aliphatic heterocycles. The summed E-state index contributed by atoms with van der Waals surface area (Å²) in [4.78, 5) is 12.1. The first-order chi connectivity index (χ1) is 7.94. The first kappa shape index (κ1) is 11.4. The third-order valence-electron chi connectivity index (χ3n) is 2.72. The Balaban J connectivity index is 2.42. The number of nitriles is 1. The van der Waals surface area contributed by atoms with Gasteiger partial charge in [-0.1, -0.05) is 6.07 Å². The molecular weight excluding hydrogens is 222 g/mol. The molecule has 6 heteroatoms. The Morgan fingerprint density at radius 1 is 1.59 bits per heavy atom. The van der Waals surface area contributed by atoms with Crippen LogP contribution in [0.3, 0.4) is 0 Å². The molecule has 0 amide bonds. The van der Waals surface area contributed by atoms with Gasteiger partial charge in [-0.2, -0.15) is 5.26 Å². The van der Waals surface area contributed by atoms with Gasteiger partial charge in [-0.25, -0.2) is 0 Å². The summed E-state index contributed by atoms with van der Waals surface area (Å²) in [7, 11) is 0. The number of benzene rings is 1. The van der Waals surface area contributed by atoms with Crippen molar-refractivity contribution in [3.05, 3.63) is 33.9 Å². The number of aliphatic hydroxyl groups is 1. The van der Waals surface area contributed by atoms with Crippen LogP contribution in [-0.2, 0) is 0 Å². The van der Waals surface area contributed by atoms with Gasteiger partial charge in [0.25, 0.3) is 0 Å². The Bertz CT molecular complexity index is 511. The van der Waals surface area contributed by atoms with Crippen molar-refractivity contribution >= 4 is 11.4 Å². The highest BCUT2D eigenvalue weighted by atomic mass is 16.6. The minimum absolute atomic E-state index is 0.0408. The predicted molar refractivity (Wildman–Crippen MR) is 60.6 cm³/mol. The van der Waals surface area contributed by atoms with E-state index in [1.165, 1.54) is 6.07 Å². The van der Waals surface area contributed by atoms with Crippen LogP contribution in [0.15, 0.2) is 18.2 Å². The highest BCUT2D eigenvalue weighted by Crippen LogP contribution is 2.36. The average Bonchev–Trinajstić information content (AvgIpc) is 2.24. The van der Waals surface area contributed by atoms with E-state index in [2.05, 4.69) is 0 Å². The first-order valence-corrected chi connectivity index (χ1v) is 5.09. The van der Waals surface area contributed by atoms with E-state index in [0.717, 1.165) is 0 Å². The van der Waals surface area contributed by atoms with Gasteiger partial charge in [-0.3, -0.25) is 10.1 Å². The molecule has 2 rings (SSSR count). The van der Waals surface area contributed by atoms with Gasteiger partial charge in [0.15, 0.2) is 0 Å². The number of anilines is 1. The molecule has 1 heterocycles. The highest BCUT2D eigenvalue weighted by molar-refractivity contribution is 5.71. The molecule has 6 nitrogen and oxygen atoms in total. The number of nitro groups is 1. The van der Waals surface area contributed by atoms with Gasteiger partial charge in [0, 0.05) is 13.1 Å². The number of rotatable bonds is 2. The minimum Gasteiger partial charge on any atom is -0.386 e. The van der Waals surface area contributed by atoms with Crippen molar-refractivity contribution in [2.24, 2.45) is 0 Å². The van der Waals surface area contributed by atoms with Gasteiger partial charge in [0.2, 0.25) is 0 Å². The molecule has 1 N–H and O–H groups in total. The van der Waals surface area contributed by atoms with Crippen LogP contribution in [0.4, 0.5) is 11.4 Å². The lowest BCUT2D eigenvalue weighted by molar-refractivity contribution is -0.384. The quantitative estimate of drug-likeness (QED) is 0.608. The molecule has 1 aromatic carbocycles. The number of β-amino-alcohol motifs (C(OH)–C–C–N with tert-alkyl or cyclic N) is 1. The Labute approximate surface area is 97.8 Å². The third-order valence-corrected chi connectivity index (χ3v) is 2.72. The zero-order valence-corrected chi connectivity index (χ0v) is 9.25. The average molecular weight is 233 g/mol. The maximum atomic E-state index is 11.0. The van der Waals surface area contributed by atoms with Crippen molar-refractivity contribution < 1.29 is 10.0 Å². The van der Waals surface area contributed by atoms with Crippen LogP contribution in [0.2, 0.25) is 0 Å². The second-order valence-corrected chi connectivity index (χ2v) is 4.40. The molecule has 0 atom stereocenters. The molecule has 0 aromatic heterocycles. The Hall–Kier alpha value is -2.13. The van der Waals surface area contributed by atoms with Gasteiger partial charge in [0.05, 0.1) is 10.5 Å². The number of nitrogens with zero attached hydrogens (tertiary/aromatic N) is 3. The molecule has 0 unspecified atom stereocenters. The molecule has 0 aliphatic carbocycles. The van der Waals surface area contributed by atoms with E-state index in [-0.39, 0.29) is 11.3 Å². The summed E-state index contributed by atoms with van der Waals surface area (Å²) in [6.45, 7) is 2.34. The largest absolute Gasteiger partial charge is 0.386 e. The van der Waals surface area contributed by atoms with Crippen molar-refractivity contribution in [3.63, 3.8) is 0 Å². The normalized spacial score (nSPS) is 17.1. The van der Waals surface area contributed by atoms with E-state index >= 15 is 0 Å². The predicted octanol–water partition coefficient (Wildman–Crippen LogP) is 1.04. The van der Waals surface area contributed by atoms with Crippen molar-refractivity contribution in [2.75, 3.05) is 18.0 Å². The van der Waals surface area contributed by atoms with Gasteiger partial charge >= 0.3 is 5.69 Å². The third kappa shape index (κ3) is 1.92. The fraction of sp³-hybridized carbons (Fsp3) is 0.364. The summed E-state index contributed by atoms with van der Waals surface area (Å²) in [5.74, 6) is 0. The fourth-order valence-electron chi connectivity index (χ4n) is 2.01. The lowest BCUT2D eigenvalue weighted by Crippen LogP contribution is -2.60. The molecule has 1 aliphatic rings. The summed E-state index contributed by atoms with van der Waals surface area (Å²) in [5, 5.41) is 29.4. The van der Waals surface area contributed by atoms with Crippen molar-refractivity contribution in [2.45, 2.75) is 12.5 Å². The van der Waals surface area contributed by atoms with Gasteiger partial charge in [-0.15, -0.1) is 0 Å². The van der Waals surface area contributed by atoms with Crippen LogP contribution in [0.1, 0.15) is 12.5 Å². The number of hydrogen-bond acceptors (Lipinski definition) is 5. The summed E-state index contributed by atoms with van der Waals surface area (Å²) >= 11 is 0. The Morgan fingerprint density at radius 3 is 2.71 bits per heavy atom. The molecule has 88 valence electrons. The number of hydrogen-bond donors (Lipinski definition) is 1. The Morgan fingerprint density at radius 2 is 2.24 bits per heavy atom. The van der Waals surface area contributed by atoms with Crippen LogP contribution in [-0.4, -0.2) is 28.7 Å². The van der Waals surface area contributed by atoms with E-state index < -0.39 is 10.5 Å². The molecule has 0 bridgehead atoms. The zero-order chi connectivity index (χ0) is 12.6. The lowest BCUT2D eigenvalue weighted by atomic mass is 9.95. The van der Waals surface area contributed by atoms with E-state index in [0.29, 0.717) is 18.8 Å². The molecule has 0 radical (unpaired) electrons. The van der Waals surface area contributed by atoms with Crippen LogP contribution in [0.25, 0.3) is 0 Å². The molecular formula is C11H11N3O3. The van der Waals surface area contributed by atoms with Crippen molar-refractivity contribution in [1.82, 2.24) is 0 Å². The number of para-hydroxylation sites is 1. The fourth-order valence-corrected chi connectivity index (χ4v) is 2.01. The minimum atomic E-state index is -0.809. The van der Waals surface area contributed by atoms with Crippen molar-refractivity contribution in [3.8, 4) is 6.07 Å². The summed E-state index contributed by atoms with van der Waals surface area (Å²) in [6.07, 6.45) is 0. The second kappa shape index (κ2) is 3.71. The maximum Gasteiger partial charge on any atom is 0.310 e. The Kier molecular flexibility index (Phi) is 2.48. The van der Waals surface area contributed by atoms with Crippen molar-refractivity contribution in [1.29, 1.82) is 5.26 Å². The van der Waals surface area contributed by atoms with Crippen LogP contribution >= 0.6 is 0 Å². The van der Waals surface area contributed by atoms with E-state index in [1.54, 1.807) is 24.0 Å². The topological polar surface area (TPSA) is 90.4 Å². The first-order valence-electron chi connectivity index (χ1n) is 5.09. The summed E-state index contributed by atoms with van der Waals surface area (Å²) < 4.78 is 0. The monoisotopic (exact) mass is 233 g/mol. The van der Waals surface area contributed by atoms with E-state index in [9.17, 15) is 15.2 Å². The maximum absolute atomic E-state index is 11.0.